The van der Waals surface area contributed by atoms with E-state index in [9.17, 15) is 15.0 Å². The molecule has 124 valence electrons. The van der Waals surface area contributed by atoms with E-state index in [4.69, 9.17) is 9.94 Å². The highest BCUT2D eigenvalue weighted by atomic mass is 16.6. The molecule has 0 saturated heterocycles. The van der Waals surface area contributed by atoms with Crippen LogP contribution in [-0.2, 0) is 9.63 Å². The van der Waals surface area contributed by atoms with Gasteiger partial charge in [0.25, 0.3) is 0 Å². The summed E-state index contributed by atoms with van der Waals surface area (Å²) < 4.78 is 0. The van der Waals surface area contributed by atoms with Gasteiger partial charge in [0, 0.05) is 11.8 Å². The van der Waals surface area contributed by atoms with Gasteiger partial charge in [-0.15, -0.1) is 0 Å². The molecule has 2 fully saturated rings. The molecule has 0 amide bonds. The van der Waals surface area contributed by atoms with E-state index < -0.39 is 24.8 Å². The van der Waals surface area contributed by atoms with Gasteiger partial charge in [0.15, 0.2) is 0 Å². The molecule has 0 aromatic heterocycles. The van der Waals surface area contributed by atoms with Gasteiger partial charge in [0.1, 0.15) is 0 Å². The SMILES string of the molecule is CCCCC(O)C=CC1C[C@@H]2C(=NOCC(=O)O)C[C@H]2C1O. The normalized spacial score (nSPS) is 33.7. The Morgan fingerprint density at radius 3 is 3.00 bits per heavy atom. The Labute approximate surface area is 130 Å². The Morgan fingerprint density at radius 1 is 1.55 bits per heavy atom. The number of aliphatic carboxylic acids is 1. The van der Waals surface area contributed by atoms with Crippen LogP contribution in [0.25, 0.3) is 0 Å². The molecule has 2 rings (SSSR count). The van der Waals surface area contributed by atoms with Crippen molar-refractivity contribution in [1.82, 2.24) is 0 Å². The fourth-order valence-electron chi connectivity index (χ4n) is 3.29. The first-order chi connectivity index (χ1) is 10.5. The van der Waals surface area contributed by atoms with E-state index in [0.717, 1.165) is 31.4 Å². The summed E-state index contributed by atoms with van der Waals surface area (Å²) in [6.45, 7) is 1.65. The zero-order valence-corrected chi connectivity index (χ0v) is 12.9. The van der Waals surface area contributed by atoms with E-state index in [0.29, 0.717) is 6.42 Å². The number of oxime groups is 1. The smallest absolute Gasteiger partial charge is 0.344 e. The maximum atomic E-state index is 10.4. The first kappa shape index (κ1) is 17.0. The average Bonchev–Trinajstić information content (AvgIpc) is 2.70. The highest BCUT2D eigenvalue weighted by Crippen LogP contribution is 2.48. The molecule has 2 saturated carbocycles. The topological polar surface area (TPSA) is 99.4 Å². The second kappa shape index (κ2) is 7.74. The molecular weight excluding hydrogens is 286 g/mol. The third kappa shape index (κ3) is 4.08. The maximum Gasteiger partial charge on any atom is 0.344 e. The number of hydrogen-bond donors (Lipinski definition) is 3. The van der Waals surface area contributed by atoms with Crippen molar-refractivity contribution >= 4 is 11.7 Å². The number of rotatable bonds is 8. The van der Waals surface area contributed by atoms with E-state index in [1.165, 1.54) is 0 Å². The molecule has 0 aromatic carbocycles. The zero-order valence-electron chi connectivity index (χ0n) is 12.9. The monoisotopic (exact) mass is 311 g/mol. The largest absolute Gasteiger partial charge is 0.479 e. The van der Waals surface area contributed by atoms with Crippen LogP contribution in [0.5, 0.6) is 0 Å². The van der Waals surface area contributed by atoms with E-state index >= 15 is 0 Å². The number of nitrogens with zero attached hydrogens (tertiary/aromatic N) is 1. The van der Waals surface area contributed by atoms with Gasteiger partial charge in [0.05, 0.1) is 17.9 Å². The molecule has 0 bridgehead atoms. The van der Waals surface area contributed by atoms with Gasteiger partial charge in [-0.3, -0.25) is 0 Å². The van der Waals surface area contributed by atoms with Gasteiger partial charge in [-0.1, -0.05) is 37.1 Å². The number of aliphatic hydroxyl groups is 2. The molecule has 6 nitrogen and oxygen atoms in total. The van der Waals surface area contributed by atoms with Crippen LogP contribution in [0, 0.1) is 17.8 Å². The lowest BCUT2D eigenvalue weighted by Gasteiger charge is -2.33. The fraction of sp³-hybridized carbons (Fsp3) is 0.750. The van der Waals surface area contributed by atoms with Crippen molar-refractivity contribution in [3.8, 4) is 0 Å². The first-order valence-corrected chi connectivity index (χ1v) is 7.97. The fourth-order valence-corrected chi connectivity index (χ4v) is 3.29. The lowest BCUT2D eigenvalue weighted by molar-refractivity contribution is -0.142. The van der Waals surface area contributed by atoms with Crippen LogP contribution in [0.1, 0.15) is 39.0 Å². The third-order valence-corrected chi connectivity index (χ3v) is 4.60. The quantitative estimate of drug-likeness (QED) is 0.467. The van der Waals surface area contributed by atoms with Crippen LogP contribution < -0.4 is 0 Å². The highest BCUT2D eigenvalue weighted by molar-refractivity contribution is 5.93. The van der Waals surface area contributed by atoms with Crippen LogP contribution in [0.4, 0.5) is 0 Å². The number of aliphatic hydroxyl groups excluding tert-OH is 2. The maximum absolute atomic E-state index is 10.4. The zero-order chi connectivity index (χ0) is 16.1. The van der Waals surface area contributed by atoms with Gasteiger partial charge in [-0.2, -0.15) is 0 Å². The third-order valence-electron chi connectivity index (χ3n) is 4.60. The van der Waals surface area contributed by atoms with E-state index in [-0.39, 0.29) is 17.8 Å². The van der Waals surface area contributed by atoms with Crippen LogP contribution in [0.3, 0.4) is 0 Å². The highest BCUT2D eigenvalue weighted by Gasteiger charge is 2.51. The lowest BCUT2D eigenvalue weighted by Crippen LogP contribution is -2.38. The summed E-state index contributed by atoms with van der Waals surface area (Å²) in [5.41, 5.74) is 0.840. The molecule has 3 N–H and O–H groups in total. The summed E-state index contributed by atoms with van der Waals surface area (Å²) in [5, 5.41) is 32.5. The molecule has 2 aliphatic rings. The number of unbranched alkanes of at least 4 members (excludes halogenated alkanes) is 1. The predicted octanol–water partition coefficient (Wildman–Crippen LogP) is 1.57. The summed E-state index contributed by atoms with van der Waals surface area (Å²) in [5.74, 6) is -0.673. The van der Waals surface area contributed by atoms with Crippen molar-refractivity contribution in [3.63, 3.8) is 0 Å². The number of hydrogen-bond acceptors (Lipinski definition) is 5. The summed E-state index contributed by atoms with van der Waals surface area (Å²) in [6.07, 6.45) is 7.06. The van der Waals surface area contributed by atoms with Crippen LogP contribution >= 0.6 is 0 Å². The van der Waals surface area contributed by atoms with Gasteiger partial charge in [-0.25, -0.2) is 4.79 Å². The molecule has 22 heavy (non-hydrogen) atoms. The van der Waals surface area contributed by atoms with Gasteiger partial charge in [0.2, 0.25) is 6.61 Å². The van der Waals surface area contributed by atoms with Crippen LogP contribution in [-0.4, -0.2) is 45.8 Å². The molecule has 6 heteroatoms. The van der Waals surface area contributed by atoms with E-state index in [1.54, 1.807) is 6.08 Å². The summed E-state index contributed by atoms with van der Waals surface area (Å²) >= 11 is 0. The average molecular weight is 311 g/mol. The van der Waals surface area contributed by atoms with Crippen molar-refractivity contribution in [2.24, 2.45) is 22.9 Å². The van der Waals surface area contributed by atoms with Gasteiger partial charge < -0.3 is 20.2 Å². The molecule has 0 radical (unpaired) electrons. The number of carbonyl (C=O) groups is 1. The standard InChI is InChI=1S/C16H25NO5/c1-2-3-4-11(18)6-5-10-7-12-13(16(10)21)8-14(12)17-22-9-15(19)20/h5-6,10-13,16,18,21H,2-4,7-9H2,1H3,(H,19,20)/t10?,11?,12-,13+,16?/m0/s1. The van der Waals surface area contributed by atoms with Crippen molar-refractivity contribution in [3.05, 3.63) is 12.2 Å². The second-order valence-electron chi connectivity index (χ2n) is 6.21. The number of carboxylic acid groups (broad SMARTS) is 1. The Bertz CT molecular complexity index is 448. The summed E-state index contributed by atoms with van der Waals surface area (Å²) in [4.78, 5) is 15.1. The van der Waals surface area contributed by atoms with Gasteiger partial charge >= 0.3 is 5.97 Å². The van der Waals surface area contributed by atoms with Crippen molar-refractivity contribution in [2.45, 2.75) is 51.2 Å². The van der Waals surface area contributed by atoms with Crippen molar-refractivity contribution in [1.29, 1.82) is 0 Å². The Morgan fingerprint density at radius 2 is 2.32 bits per heavy atom. The van der Waals surface area contributed by atoms with Crippen LogP contribution in [0.2, 0.25) is 0 Å². The second-order valence-corrected chi connectivity index (χ2v) is 6.21. The molecule has 0 aromatic rings. The Balaban J connectivity index is 1.83. The summed E-state index contributed by atoms with van der Waals surface area (Å²) in [7, 11) is 0. The number of fused-ring (bicyclic) bond motifs is 1. The van der Waals surface area contributed by atoms with Crippen molar-refractivity contribution in [2.75, 3.05) is 6.61 Å². The Kier molecular flexibility index (Phi) is 5.97. The predicted molar refractivity (Wildman–Crippen MR) is 81.4 cm³/mol. The van der Waals surface area contributed by atoms with E-state index in [2.05, 4.69) is 12.1 Å². The van der Waals surface area contributed by atoms with Crippen molar-refractivity contribution < 1.29 is 25.0 Å². The van der Waals surface area contributed by atoms with Gasteiger partial charge in [-0.05, 0) is 25.2 Å². The molecule has 3 unspecified atom stereocenters. The number of carboxylic acids is 1. The molecular formula is C16H25NO5. The van der Waals surface area contributed by atoms with Crippen LogP contribution in [0.15, 0.2) is 17.3 Å². The molecule has 0 aliphatic heterocycles. The first-order valence-electron chi connectivity index (χ1n) is 7.97. The lowest BCUT2D eigenvalue weighted by atomic mass is 9.73. The molecule has 2 aliphatic carbocycles. The molecule has 5 atom stereocenters. The summed E-state index contributed by atoms with van der Waals surface area (Å²) in [6, 6.07) is 0. The minimum atomic E-state index is -1.05. The Hall–Kier alpha value is -1.40. The molecule has 0 spiro atoms. The minimum Gasteiger partial charge on any atom is -0.479 e. The minimum absolute atomic E-state index is 0.0263. The molecule has 0 heterocycles. The van der Waals surface area contributed by atoms with E-state index in [1.807, 2.05) is 6.08 Å².